The zero-order valence-electron chi connectivity index (χ0n) is 13.6. The largest absolute Gasteiger partial charge is 0.393 e. The molecule has 3 heterocycles. The number of carbonyl (C=O) groups excluding carboxylic acids is 1. The maximum Gasteiger partial charge on any atom is 0.227 e. The summed E-state index contributed by atoms with van der Waals surface area (Å²) in [7, 11) is 0. The highest BCUT2D eigenvalue weighted by molar-refractivity contribution is 7.20. The van der Waals surface area contributed by atoms with Gasteiger partial charge in [0.1, 0.15) is 0 Å². The number of piperidine rings is 2. The van der Waals surface area contributed by atoms with Crippen LogP contribution in [0.1, 0.15) is 31.2 Å². The van der Waals surface area contributed by atoms with Crippen molar-refractivity contribution >= 4 is 40.4 Å². The molecule has 0 aromatic carbocycles. The Balaban J connectivity index is 1.49. The number of halogens is 2. The van der Waals surface area contributed by atoms with Gasteiger partial charge in [0, 0.05) is 13.1 Å². The summed E-state index contributed by atoms with van der Waals surface area (Å²) >= 11 is 13.3. The first-order valence-electron chi connectivity index (χ1n) is 8.65. The van der Waals surface area contributed by atoms with Crippen LogP contribution in [0, 0.1) is 11.8 Å². The Morgan fingerprint density at radius 2 is 1.88 bits per heavy atom. The van der Waals surface area contributed by atoms with Crippen LogP contribution in [0.4, 0.5) is 0 Å². The van der Waals surface area contributed by atoms with Crippen LogP contribution in [0.15, 0.2) is 6.07 Å². The van der Waals surface area contributed by atoms with Crippen LogP contribution in [0.25, 0.3) is 0 Å². The minimum atomic E-state index is -0.227. The van der Waals surface area contributed by atoms with Crippen LogP contribution in [0.3, 0.4) is 0 Å². The molecule has 1 amide bonds. The van der Waals surface area contributed by atoms with Crippen molar-refractivity contribution in [1.29, 1.82) is 0 Å². The molecule has 134 valence electrons. The van der Waals surface area contributed by atoms with E-state index in [1.54, 1.807) is 6.07 Å². The molecular weight excluding hydrogens is 367 g/mol. The van der Waals surface area contributed by atoms with Crippen molar-refractivity contribution in [3.63, 3.8) is 0 Å². The molecule has 24 heavy (non-hydrogen) atoms. The van der Waals surface area contributed by atoms with Crippen molar-refractivity contribution in [3.8, 4) is 0 Å². The van der Waals surface area contributed by atoms with Crippen LogP contribution >= 0.6 is 34.5 Å². The van der Waals surface area contributed by atoms with Crippen molar-refractivity contribution in [2.24, 2.45) is 11.8 Å². The van der Waals surface area contributed by atoms with E-state index < -0.39 is 0 Å². The Hall–Kier alpha value is -0.330. The second-order valence-corrected chi connectivity index (χ2v) is 9.11. The molecule has 0 aliphatic carbocycles. The highest BCUT2D eigenvalue weighted by atomic mass is 35.5. The average Bonchev–Trinajstić information content (AvgIpc) is 2.92. The van der Waals surface area contributed by atoms with Crippen molar-refractivity contribution in [1.82, 2.24) is 10.2 Å². The first-order valence-corrected chi connectivity index (χ1v) is 10.2. The fourth-order valence-electron chi connectivity index (χ4n) is 3.83. The Labute approximate surface area is 157 Å². The summed E-state index contributed by atoms with van der Waals surface area (Å²) < 4.78 is 1.22. The molecule has 2 saturated heterocycles. The van der Waals surface area contributed by atoms with Crippen LogP contribution in [-0.2, 0) is 11.2 Å². The first kappa shape index (κ1) is 18.5. The molecule has 1 aromatic heterocycles. The van der Waals surface area contributed by atoms with Gasteiger partial charge in [-0.3, -0.25) is 4.79 Å². The Bertz CT molecular complexity index is 567. The van der Waals surface area contributed by atoms with E-state index >= 15 is 0 Å². The van der Waals surface area contributed by atoms with Gasteiger partial charge in [0.15, 0.2) is 0 Å². The van der Waals surface area contributed by atoms with Crippen molar-refractivity contribution in [2.45, 2.75) is 38.2 Å². The van der Waals surface area contributed by atoms with Crippen LogP contribution in [-0.4, -0.2) is 48.2 Å². The minimum Gasteiger partial charge on any atom is -0.393 e. The standard InChI is InChI=1S/C17H24Cl2N2O2S/c18-14-9-13(17(19)24-14)10-15(22)21-7-3-12(4-8-21)16(23)11-1-5-20-6-2-11/h9,11-12,16,20,23H,1-8,10H2. The lowest BCUT2D eigenvalue weighted by Gasteiger charge is -2.38. The van der Waals surface area contributed by atoms with Gasteiger partial charge in [-0.15, -0.1) is 11.3 Å². The summed E-state index contributed by atoms with van der Waals surface area (Å²) in [5, 5.41) is 14.0. The van der Waals surface area contributed by atoms with Crippen molar-refractivity contribution in [3.05, 3.63) is 20.3 Å². The highest BCUT2D eigenvalue weighted by Gasteiger charge is 2.32. The maximum absolute atomic E-state index is 12.5. The second kappa shape index (κ2) is 8.37. The number of aliphatic hydroxyl groups excluding tert-OH is 1. The quantitative estimate of drug-likeness (QED) is 0.829. The van der Waals surface area contributed by atoms with E-state index in [1.165, 1.54) is 11.3 Å². The first-order chi connectivity index (χ1) is 11.5. The third kappa shape index (κ3) is 4.44. The average molecular weight is 391 g/mol. The Morgan fingerprint density at radius 1 is 1.25 bits per heavy atom. The zero-order chi connectivity index (χ0) is 17.1. The predicted molar refractivity (Wildman–Crippen MR) is 98.9 cm³/mol. The summed E-state index contributed by atoms with van der Waals surface area (Å²) in [5.41, 5.74) is 0.813. The number of rotatable bonds is 4. The maximum atomic E-state index is 12.5. The summed E-state index contributed by atoms with van der Waals surface area (Å²) in [4.78, 5) is 14.4. The van der Waals surface area contributed by atoms with Gasteiger partial charge in [0.05, 0.1) is 21.2 Å². The number of likely N-dealkylation sites (tertiary alicyclic amines) is 1. The van der Waals surface area contributed by atoms with Crippen LogP contribution < -0.4 is 5.32 Å². The topological polar surface area (TPSA) is 52.6 Å². The molecule has 2 aliphatic heterocycles. The zero-order valence-corrected chi connectivity index (χ0v) is 16.0. The Morgan fingerprint density at radius 3 is 2.46 bits per heavy atom. The highest BCUT2D eigenvalue weighted by Crippen LogP contribution is 2.33. The number of nitrogens with zero attached hydrogens (tertiary/aromatic N) is 1. The molecule has 0 saturated carbocycles. The molecule has 0 radical (unpaired) electrons. The molecule has 2 N–H and O–H groups in total. The lowest BCUT2D eigenvalue weighted by Crippen LogP contribution is -2.45. The molecule has 4 nitrogen and oxygen atoms in total. The van der Waals surface area contributed by atoms with Gasteiger partial charge in [-0.2, -0.15) is 0 Å². The van der Waals surface area contributed by atoms with Crippen molar-refractivity contribution in [2.75, 3.05) is 26.2 Å². The third-order valence-electron chi connectivity index (χ3n) is 5.31. The van der Waals surface area contributed by atoms with E-state index in [4.69, 9.17) is 23.2 Å². The van der Waals surface area contributed by atoms with Crippen LogP contribution in [0.5, 0.6) is 0 Å². The molecule has 3 rings (SSSR count). The molecule has 1 unspecified atom stereocenters. The number of aliphatic hydroxyl groups is 1. The number of nitrogens with one attached hydrogen (secondary N) is 1. The van der Waals surface area contributed by atoms with E-state index in [-0.39, 0.29) is 12.0 Å². The summed E-state index contributed by atoms with van der Waals surface area (Å²) in [6, 6.07) is 1.78. The number of hydrogen-bond acceptors (Lipinski definition) is 4. The smallest absolute Gasteiger partial charge is 0.227 e. The van der Waals surface area contributed by atoms with Gasteiger partial charge in [0.25, 0.3) is 0 Å². The van der Waals surface area contributed by atoms with Gasteiger partial charge in [-0.05, 0) is 62.2 Å². The number of amides is 1. The SMILES string of the molecule is O=C(Cc1cc(Cl)sc1Cl)N1CCC(C(O)C2CCNCC2)CC1. The van der Waals surface area contributed by atoms with E-state index in [0.717, 1.165) is 57.4 Å². The fraction of sp³-hybridized carbons (Fsp3) is 0.706. The molecular formula is C17H24Cl2N2O2S. The van der Waals surface area contributed by atoms with Gasteiger partial charge >= 0.3 is 0 Å². The third-order valence-corrected chi connectivity index (χ3v) is 6.88. The second-order valence-electron chi connectivity index (χ2n) is 6.82. The monoisotopic (exact) mass is 390 g/mol. The summed E-state index contributed by atoms with van der Waals surface area (Å²) in [6.45, 7) is 3.45. The van der Waals surface area contributed by atoms with E-state index in [9.17, 15) is 9.90 Å². The van der Waals surface area contributed by atoms with E-state index in [1.807, 2.05) is 4.90 Å². The molecule has 0 bridgehead atoms. The Kier molecular flexibility index (Phi) is 6.44. The molecule has 7 heteroatoms. The van der Waals surface area contributed by atoms with Crippen LogP contribution in [0.2, 0.25) is 8.67 Å². The normalized spacial score (nSPS) is 21.9. The summed E-state index contributed by atoms with van der Waals surface area (Å²) in [6.07, 6.45) is 3.96. The van der Waals surface area contributed by atoms with Crippen molar-refractivity contribution < 1.29 is 9.90 Å². The minimum absolute atomic E-state index is 0.0983. The molecule has 1 atom stereocenters. The predicted octanol–water partition coefficient (Wildman–Crippen LogP) is 3.20. The molecule has 1 aromatic rings. The lowest BCUT2D eigenvalue weighted by atomic mass is 9.80. The van der Waals surface area contributed by atoms with E-state index in [2.05, 4.69) is 5.32 Å². The van der Waals surface area contributed by atoms with Gasteiger partial charge in [0.2, 0.25) is 5.91 Å². The number of hydrogen-bond donors (Lipinski definition) is 2. The number of thiophene rings is 1. The molecule has 2 fully saturated rings. The van der Waals surface area contributed by atoms with Gasteiger partial charge in [-0.25, -0.2) is 0 Å². The fourth-order valence-corrected chi connectivity index (χ4v) is 5.32. The van der Waals surface area contributed by atoms with Gasteiger partial charge in [-0.1, -0.05) is 23.2 Å². The molecule has 0 spiro atoms. The molecule has 2 aliphatic rings. The lowest BCUT2D eigenvalue weighted by molar-refractivity contribution is -0.132. The summed E-state index contributed by atoms with van der Waals surface area (Å²) in [5.74, 6) is 0.822. The van der Waals surface area contributed by atoms with Gasteiger partial charge < -0.3 is 15.3 Å². The van der Waals surface area contributed by atoms with E-state index in [0.29, 0.717) is 26.9 Å². The number of carbonyl (C=O) groups is 1.